The molecule has 276 valence electrons. The predicted molar refractivity (Wildman–Crippen MR) is 217 cm³/mol. The average Bonchev–Trinajstić information content (AvgIpc) is 4.10. The number of rotatable bonds is 8. The minimum absolute atomic E-state index is 0.978. The number of nitrogens with zero attached hydrogens (tertiary/aromatic N) is 4. The van der Waals surface area contributed by atoms with Gasteiger partial charge in [-0.15, -0.1) is 0 Å². The summed E-state index contributed by atoms with van der Waals surface area (Å²) in [6.07, 6.45) is 21.2. The van der Waals surface area contributed by atoms with Crippen molar-refractivity contribution in [2.75, 3.05) is 0 Å². The zero-order chi connectivity index (χ0) is 38.2. The summed E-state index contributed by atoms with van der Waals surface area (Å²) in [6.45, 7) is 8.77. The fourth-order valence-corrected chi connectivity index (χ4v) is 7.75. The van der Waals surface area contributed by atoms with Crippen LogP contribution in [0, 0.1) is 0 Å². The van der Waals surface area contributed by atoms with Crippen LogP contribution in [0.5, 0.6) is 0 Å². The number of nitrogens with one attached hydrogen (secondary N) is 4. The van der Waals surface area contributed by atoms with Gasteiger partial charge in [-0.05, 0) is 96.5 Å². The molecule has 0 radical (unpaired) electrons. The molecule has 0 saturated carbocycles. The summed E-state index contributed by atoms with van der Waals surface area (Å²) < 4.78 is 8.84. The summed E-state index contributed by atoms with van der Waals surface area (Å²) in [5.74, 6) is 0. The van der Waals surface area contributed by atoms with Crippen molar-refractivity contribution in [1.29, 1.82) is 0 Å². The van der Waals surface area contributed by atoms with Crippen molar-refractivity contribution in [3.8, 4) is 0 Å². The van der Waals surface area contributed by atoms with Gasteiger partial charge in [0.15, 0.2) is 49.6 Å². The molecule has 9 rings (SSSR count). The highest BCUT2D eigenvalue weighted by Crippen LogP contribution is 2.16. The van der Waals surface area contributed by atoms with Crippen LogP contribution in [0.25, 0.3) is 22.8 Å². The van der Waals surface area contributed by atoms with Crippen molar-refractivity contribution in [2.45, 2.75) is 53.4 Å². The number of aryl methyl sites for hydroxylation is 4. The van der Waals surface area contributed by atoms with Crippen LogP contribution in [-0.2, 0) is 25.7 Å². The van der Waals surface area contributed by atoms with Gasteiger partial charge in [-0.2, -0.15) is 18.3 Å². The van der Waals surface area contributed by atoms with Gasteiger partial charge >= 0.3 is 0 Å². The Hall–Kier alpha value is -6.80. The monoisotopic (exact) mass is 736 g/mol. The molecular formula is C48H48N8+4. The van der Waals surface area contributed by atoms with E-state index in [9.17, 15) is 0 Å². The van der Waals surface area contributed by atoms with E-state index in [1.54, 1.807) is 0 Å². The molecule has 0 aromatic carbocycles. The number of aromatic amines is 4. The molecule has 0 fully saturated rings. The molecule has 0 aliphatic carbocycles. The molecule has 0 spiro atoms. The number of hydrogen-bond acceptors (Lipinski definition) is 0. The first kappa shape index (κ1) is 34.9. The summed E-state index contributed by atoms with van der Waals surface area (Å²) in [7, 11) is 0. The minimum Gasteiger partial charge on any atom is -0.345 e. The van der Waals surface area contributed by atoms with Gasteiger partial charge in [-0.3, -0.25) is 0 Å². The van der Waals surface area contributed by atoms with Crippen LogP contribution in [-0.4, -0.2) is 19.9 Å². The first-order valence-corrected chi connectivity index (χ1v) is 19.8. The van der Waals surface area contributed by atoms with Crippen molar-refractivity contribution in [2.24, 2.45) is 0 Å². The lowest BCUT2D eigenvalue weighted by Crippen LogP contribution is -2.41. The Labute approximate surface area is 326 Å². The fourth-order valence-electron chi connectivity index (χ4n) is 7.75. The van der Waals surface area contributed by atoms with Crippen LogP contribution in [0.2, 0.25) is 0 Å². The fraction of sp³-hybridized carbons (Fsp3) is 0.167. The second-order valence-corrected chi connectivity index (χ2v) is 14.4. The van der Waals surface area contributed by atoms with Crippen LogP contribution in [0.1, 0.15) is 72.7 Å². The second kappa shape index (κ2) is 14.8. The maximum absolute atomic E-state index is 3.87. The molecule has 0 saturated heterocycles. The largest absolute Gasteiger partial charge is 0.345 e. The number of pyridine rings is 4. The standard InChI is InChI=1S/C48H48N8/c1-5-33-17-25-53(26-18-33)45-37-9-11-39(49-37)46(54-27-19-34(6-2)20-28-54)41-13-15-43(51-41)48(56-31-23-36(8-4)24-32-56)44-16-14-42(52-44)47(40-12-10-38(45)50-40)55-29-21-35(7-3)22-30-55/h9-32,49-52H,5-8H2,1-4H3/q+4. The smallest absolute Gasteiger partial charge is 0.257 e. The molecular weight excluding hydrogens is 689 g/mol. The predicted octanol–water partition coefficient (Wildman–Crippen LogP) is 3.53. The van der Waals surface area contributed by atoms with Gasteiger partial charge in [-0.25, -0.2) is 0 Å². The van der Waals surface area contributed by atoms with E-state index in [2.05, 4.69) is 213 Å². The highest BCUT2D eigenvalue weighted by Gasteiger charge is 2.26. The molecule has 1 aliphatic heterocycles. The summed E-state index contributed by atoms with van der Waals surface area (Å²) in [5.41, 5.74) is 13.2. The van der Waals surface area contributed by atoms with Crippen LogP contribution in [0.3, 0.4) is 0 Å². The number of hydrogen-bond donors (Lipinski definition) is 4. The van der Waals surface area contributed by atoms with Crippen LogP contribution < -0.4 is 39.7 Å². The third-order valence-corrected chi connectivity index (χ3v) is 11.0. The molecule has 9 heterocycles. The Morgan fingerprint density at radius 1 is 0.286 bits per heavy atom. The quantitative estimate of drug-likeness (QED) is 0.173. The lowest BCUT2D eigenvalue weighted by molar-refractivity contribution is -0.580. The topological polar surface area (TPSA) is 78.7 Å². The molecule has 0 unspecified atom stereocenters. The maximum Gasteiger partial charge on any atom is 0.257 e. The molecule has 8 aromatic heterocycles. The van der Waals surface area contributed by atoms with E-state index >= 15 is 0 Å². The van der Waals surface area contributed by atoms with Gasteiger partial charge < -0.3 is 19.9 Å². The van der Waals surface area contributed by atoms with E-state index in [-0.39, 0.29) is 0 Å². The van der Waals surface area contributed by atoms with Gasteiger partial charge in [0.1, 0.15) is 44.2 Å². The van der Waals surface area contributed by atoms with Crippen LogP contribution in [0.4, 0.5) is 0 Å². The van der Waals surface area contributed by atoms with E-state index < -0.39 is 0 Å². The van der Waals surface area contributed by atoms with Crippen molar-refractivity contribution in [1.82, 2.24) is 19.9 Å². The Kier molecular flexibility index (Phi) is 9.23. The van der Waals surface area contributed by atoms with Crippen LogP contribution >= 0.6 is 0 Å². The van der Waals surface area contributed by atoms with Crippen molar-refractivity contribution < 1.29 is 18.3 Å². The van der Waals surface area contributed by atoms with Gasteiger partial charge in [0.25, 0.3) is 22.8 Å². The van der Waals surface area contributed by atoms with E-state index in [0.29, 0.717) is 0 Å². The van der Waals surface area contributed by atoms with Gasteiger partial charge in [0.05, 0.1) is 0 Å². The molecule has 4 N–H and O–H groups in total. The van der Waals surface area contributed by atoms with Crippen molar-refractivity contribution in [3.05, 3.63) is 213 Å². The first-order valence-electron chi connectivity index (χ1n) is 19.8. The SMILES string of the molecule is CCc1cc[n+](C2=c3ccc([nH]3)=C([n+]3ccc(CC)cc3)c3ccc([nH]3)C([n+]3ccc(CC)cc3)=c3ccc([nH]3)=C([n+]3ccc(CC)cc3)c3ccc2[nH]3)cc1. The zero-order valence-corrected chi connectivity index (χ0v) is 32.5. The third-order valence-electron chi connectivity index (χ3n) is 11.0. The highest BCUT2D eigenvalue weighted by molar-refractivity contribution is 5.64. The van der Waals surface area contributed by atoms with E-state index in [1.165, 1.54) is 22.3 Å². The maximum atomic E-state index is 3.87. The Morgan fingerprint density at radius 3 is 0.696 bits per heavy atom. The number of H-pyrrole nitrogens is 4. The van der Waals surface area contributed by atoms with Crippen molar-refractivity contribution >= 4 is 22.8 Å². The number of fused-ring (bicyclic) bond motifs is 8. The third kappa shape index (κ3) is 6.43. The molecule has 8 aromatic rings. The molecule has 8 nitrogen and oxygen atoms in total. The zero-order valence-electron chi connectivity index (χ0n) is 32.5. The number of aromatic nitrogens is 8. The molecule has 8 heteroatoms. The van der Waals surface area contributed by atoms with Gasteiger partial charge in [0, 0.05) is 48.5 Å². The van der Waals surface area contributed by atoms with Crippen LogP contribution in [0.15, 0.2) is 147 Å². The van der Waals surface area contributed by atoms with Crippen molar-refractivity contribution in [3.63, 3.8) is 0 Å². The molecule has 1 aliphatic rings. The van der Waals surface area contributed by atoms with E-state index in [4.69, 9.17) is 0 Å². The van der Waals surface area contributed by atoms with E-state index in [0.717, 1.165) is 92.6 Å². The normalized spacial score (nSPS) is 12.8. The summed E-state index contributed by atoms with van der Waals surface area (Å²) in [4.78, 5) is 15.5. The highest BCUT2D eigenvalue weighted by atomic mass is 15.0. The lowest BCUT2D eigenvalue weighted by Gasteiger charge is -2.04. The first-order chi connectivity index (χ1) is 27.5. The molecule has 0 atom stereocenters. The van der Waals surface area contributed by atoms with Gasteiger partial charge in [-0.1, -0.05) is 27.7 Å². The lowest BCUT2D eigenvalue weighted by atomic mass is 10.2. The Bertz CT molecular complexity index is 2520. The second-order valence-electron chi connectivity index (χ2n) is 14.4. The summed E-state index contributed by atoms with van der Waals surface area (Å²) >= 11 is 0. The molecule has 56 heavy (non-hydrogen) atoms. The summed E-state index contributed by atoms with van der Waals surface area (Å²) in [5, 5.41) is 3.97. The van der Waals surface area contributed by atoms with E-state index in [1.807, 2.05) is 0 Å². The Balaban J connectivity index is 1.40. The molecule has 0 amide bonds. The average molecular weight is 737 g/mol. The molecule has 8 bridgehead atoms. The minimum atomic E-state index is 0.978. The van der Waals surface area contributed by atoms with Gasteiger partial charge in [0.2, 0.25) is 0 Å². The Morgan fingerprint density at radius 2 is 0.500 bits per heavy atom. The summed E-state index contributed by atoms with van der Waals surface area (Å²) in [6, 6.07) is 35.2.